The average Bonchev–Trinajstić information content (AvgIpc) is 2.19. The van der Waals surface area contributed by atoms with Crippen molar-refractivity contribution >= 4 is 5.91 Å². The molecule has 0 radical (unpaired) electrons. The molecular formula is C11H16N2O. The maximum absolute atomic E-state index is 11.4. The summed E-state index contributed by atoms with van der Waals surface area (Å²) in [6.07, 6.45) is 0.757. The monoisotopic (exact) mass is 192 g/mol. The quantitative estimate of drug-likeness (QED) is 0.696. The average molecular weight is 192 g/mol. The molecule has 0 fully saturated rings. The van der Waals surface area contributed by atoms with Crippen LogP contribution < -0.4 is 11.1 Å². The number of nitrogens with one attached hydrogen (secondary N) is 1. The lowest BCUT2D eigenvalue weighted by molar-refractivity contribution is -0.124. The summed E-state index contributed by atoms with van der Waals surface area (Å²) in [5.74, 6) is -0.0164. The van der Waals surface area contributed by atoms with Gasteiger partial charge in [0.2, 0.25) is 5.91 Å². The van der Waals surface area contributed by atoms with Crippen molar-refractivity contribution in [2.45, 2.75) is 13.3 Å². The molecule has 1 unspecified atom stereocenters. The number of nitrogens with two attached hydrogens (primary N) is 1. The number of rotatable bonds is 4. The van der Waals surface area contributed by atoms with E-state index in [1.165, 1.54) is 5.56 Å². The molecule has 3 nitrogen and oxygen atoms in total. The van der Waals surface area contributed by atoms with Crippen LogP contribution in [0.25, 0.3) is 0 Å². The summed E-state index contributed by atoms with van der Waals surface area (Å²) in [6, 6.07) is 9.96. The first-order valence-corrected chi connectivity index (χ1v) is 4.75. The summed E-state index contributed by atoms with van der Waals surface area (Å²) >= 11 is 0. The minimum absolute atomic E-state index is 0.0105. The van der Waals surface area contributed by atoms with Gasteiger partial charge in [-0.25, -0.2) is 0 Å². The molecule has 1 rings (SSSR count). The van der Waals surface area contributed by atoms with E-state index >= 15 is 0 Å². The van der Waals surface area contributed by atoms with E-state index in [1.54, 1.807) is 0 Å². The molecular weight excluding hydrogens is 176 g/mol. The minimum Gasteiger partial charge on any atom is -0.344 e. The summed E-state index contributed by atoms with van der Waals surface area (Å²) in [5, 5.41) is 2.60. The Morgan fingerprint density at radius 2 is 2.07 bits per heavy atom. The van der Waals surface area contributed by atoms with Gasteiger partial charge >= 0.3 is 0 Å². The fourth-order valence-electron chi connectivity index (χ4n) is 1.34. The van der Waals surface area contributed by atoms with Crippen LogP contribution in [0.5, 0.6) is 0 Å². The Morgan fingerprint density at radius 1 is 1.43 bits per heavy atom. The van der Waals surface area contributed by atoms with E-state index in [9.17, 15) is 4.79 Å². The molecule has 3 N–H and O–H groups in total. The van der Waals surface area contributed by atoms with Gasteiger partial charge in [0.1, 0.15) is 0 Å². The second-order valence-electron chi connectivity index (χ2n) is 3.34. The zero-order valence-electron chi connectivity index (χ0n) is 8.36. The van der Waals surface area contributed by atoms with Gasteiger partial charge < -0.3 is 11.1 Å². The third-order valence-electron chi connectivity index (χ3n) is 2.11. The Morgan fingerprint density at radius 3 is 2.64 bits per heavy atom. The molecule has 14 heavy (non-hydrogen) atoms. The van der Waals surface area contributed by atoms with E-state index in [0.717, 1.165) is 6.42 Å². The first-order valence-electron chi connectivity index (χ1n) is 4.75. The van der Waals surface area contributed by atoms with Crippen molar-refractivity contribution in [1.29, 1.82) is 0 Å². The molecule has 0 saturated heterocycles. The van der Waals surface area contributed by atoms with E-state index in [1.807, 2.05) is 37.3 Å². The normalized spacial score (nSPS) is 12.1. The van der Waals surface area contributed by atoms with Crippen molar-refractivity contribution in [3.05, 3.63) is 35.9 Å². The fourth-order valence-corrected chi connectivity index (χ4v) is 1.34. The lowest BCUT2D eigenvalue weighted by Crippen LogP contribution is -2.34. The molecule has 0 spiro atoms. The van der Waals surface area contributed by atoms with Crippen molar-refractivity contribution < 1.29 is 4.79 Å². The topological polar surface area (TPSA) is 55.1 Å². The number of hydrogen-bond donors (Lipinski definition) is 2. The SMILES string of the molecule is CC(Cc1ccccc1)C(=O)NCN. The molecule has 0 aliphatic carbocycles. The van der Waals surface area contributed by atoms with Gasteiger partial charge in [0.25, 0.3) is 0 Å². The second-order valence-corrected chi connectivity index (χ2v) is 3.34. The molecule has 3 heteroatoms. The van der Waals surface area contributed by atoms with Crippen LogP contribution in [0, 0.1) is 5.92 Å². The summed E-state index contributed by atoms with van der Waals surface area (Å²) in [5.41, 5.74) is 6.40. The second kappa shape index (κ2) is 5.40. The predicted molar refractivity (Wildman–Crippen MR) is 56.5 cm³/mol. The summed E-state index contributed by atoms with van der Waals surface area (Å²) < 4.78 is 0. The first kappa shape index (κ1) is 10.7. The van der Waals surface area contributed by atoms with Crippen LogP contribution in [0.3, 0.4) is 0 Å². The van der Waals surface area contributed by atoms with Crippen molar-refractivity contribution in [1.82, 2.24) is 5.32 Å². The predicted octanol–water partition coefficient (Wildman–Crippen LogP) is 0.898. The molecule has 1 amide bonds. The molecule has 0 bridgehead atoms. The standard InChI is InChI=1S/C11H16N2O/c1-9(11(14)13-8-12)7-10-5-3-2-4-6-10/h2-6,9H,7-8,12H2,1H3,(H,13,14). The fraction of sp³-hybridized carbons (Fsp3) is 0.364. The van der Waals surface area contributed by atoms with Crippen LogP contribution in [0.4, 0.5) is 0 Å². The van der Waals surface area contributed by atoms with Gasteiger partial charge in [0.05, 0.1) is 6.67 Å². The van der Waals surface area contributed by atoms with Crippen LogP contribution in [-0.4, -0.2) is 12.6 Å². The number of carbonyl (C=O) groups is 1. The van der Waals surface area contributed by atoms with Crippen LogP contribution in [-0.2, 0) is 11.2 Å². The summed E-state index contributed by atoms with van der Waals surface area (Å²) in [6.45, 7) is 2.11. The molecule has 0 aliphatic heterocycles. The van der Waals surface area contributed by atoms with E-state index in [2.05, 4.69) is 5.32 Å². The van der Waals surface area contributed by atoms with E-state index in [4.69, 9.17) is 5.73 Å². The molecule has 0 aliphatic rings. The lowest BCUT2D eigenvalue weighted by atomic mass is 10.0. The number of amides is 1. The Labute approximate surface area is 84.3 Å². The lowest BCUT2D eigenvalue weighted by Gasteiger charge is -2.10. The van der Waals surface area contributed by atoms with Crippen molar-refractivity contribution in [3.63, 3.8) is 0 Å². The number of carbonyl (C=O) groups excluding carboxylic acids is 1. The first-order chi connectivity index (χ1) is 6.74. The van der Waals surface area contributed by atoms with Crippen LogP contribution in [0.1, 0.15) is 12.5 Å². The van der Waals surface area contributed by atoms with Crippen LogP contribution in [0.15, 0.2) is 30.3 Å². The zero-order chi connectivity index (χ0) is 10.4. The highest BCUT2D eigenvalue weighted by Crippen LogP contribution is 2.07. The van der Waals surface area contributed by atoms with Crippen molar-refractivity contribution in [3.8, 4) is 0 Å². The van der Waals surface area contributed by atoms with Gasteiger partial charge in [-0.05, 0) is 12.0 Å². The molecule has 0 aromatic heterocycles. The largest absolute Gasteiger partial charge is 0.344 e. The Hall–Kier alpha value is -1.35. The maximum Gasteiger partial charge on any atom is 0.224 e. The van der Waals surface area contributed by atoms with Gasteiger partial charge in [-0.15, -0.1) is 0 Å². The van der Waals surface area contributed by atoms with Gasteiger partial charge in [-0.1, -0.05) is 37.3 Å². The Bertz CT molecular complexity index is 285. The smallest absolute Gasteiger partial charge is 0.224 e. The Kier molecular flexibility index (Phi) is 4.13. The molecule has 1 aromatic carbocycles. The number of benzene rings is 1. The molecule has 76 valence electrons. The third kappa shape index (κ3) is 3.18. The Balaban J connectivity index is 2.49. The highest BCUT2D eigenvalue weighted by Gasteiger charge is 2.11. The van der Waals surface area contributed by atoms with Gasteiger partial charge in [-0.3, -0.25) is 4.79 Å². The highest BCUT2D eigenvalue weighted by atomic mass is 16.1. The maximum atomic E-state index is 11.4. The molecule has 1 aromatic rings. The van der Waals surface area contributed by atoms with Gasteiger partial charge in [0.15, 0.2) is 0 Å². The van der Waals surface area contributed by atoms with Gasteiger partial charge in [-0.2, -0.15) is 0 Å². The van der Waals surface area contributed by atoms with Crippen molar-refractivity contribution in [2.75, 3.05) is 6.67 Å². The zero-order valence-corrected chi connectivity index (χ0v) is 8.36. The van der Waals surface area contributed by atoms with Crippen LogP contribution >= 0.6 is 0 Å². The van der Waals surface area contributed by atoms with Gasteiger partial charge in [0, 0.05) is 5.92 Å². The molecule has 0 saturated carbocycles. The number of hydrogen-bond acceptors (Lipinski definition) is 2. The van der Waals surface area contributed by atoms with Crippen molar-refractivity contribution in [2.24, 2.45) is 11.7 Å². The molecule has 1 atom stereocenters. The van der Waals surface area contributed by atoms with E-state index in [0.29, 0.717) is 0 Å². The summed E-state index contributed by atoms with van der Waals surface area (Å²) in [7, 11) is 0. The van der Waals surface area contributed by atoms with Crippen LogP contribution in [0.2, 0.25) is 0 Å². The summed E-state index contributed by atoms with van der Waals surface area (Å²) in [4.78, 5) is 11.4. The minimum atomic E-state index is -0.0269. The highest BCUT2D eigenvalue weighted by molar-refractivity contribution is 5.78. The van der Waals surface area contributed by atoms with E-state index in [-0.39, 0.29) is 18.5 Å². The molecule has 0 heterocycles. The van der Waals surface area contributed by atoms with E-state index < -0.39 is 0 Å². The third-order valence-corrected chi connectivity index (χ3v) is 2.11.